The van der Waals surface area contributed by atoms with E-state index in [4.69, 9.17) is 4.74 Å². The number of nitrogens with zero attached hydrogens (tertiary/aromatic N) is 1. The zero-order valence-corrected chi connectivity index (χ0v) is 13.8. The van der Waals surface area contributed by atoms with Crippen LogP contribution >= 0.6 is 0 Å². The van der Waals surface area contributed by atoms with Crippen LogP contribution in [0, 0.1) is 24.8 Å². The van der Waals surface area contributed by atoms with Gasteiger partial charge in [0.2, 0.25) is 0 Å². The Morgan fingerprint density at radius 1 is 1.33 bits per heavy atom. The van der Waals surface area contributed by atoms with E-state index in [-0.39, 0.29) is 51.4 Å². The monoisotopic (exact) mass is 235 g/mol. The van der Waals surface area contributed by atoms with E-state index in [9.17, 15) is 0 Å². The Hall–Kier alpha value is 1.12. The van der Waals surface area contributed by atoms with Crippen LogP contribution in [-0.2, 0) is 4.74 Å². The standard InChI is InChI=1S/C12H22NO.K/c1-12(2)8-5-6-10-14-11-7-9-13(3)4;/h12H,3,6-7,9-11H2,1-2,4H3;/q-1;+1. The second-order valence-corrected chi connectivity index (χ2v) is 3.77. The summed E-state index contributed by atoms with van der Waals surface area (Å²) in [6, 6.07) is 0. The minimum atomic E-state index is 0. The topological polar surface area (TPSA) is 12.5 Å². The third kappa shape index (κ3) is 17.7. The quantitative estimate of drug-likeness (QED) is 0.258. The van der Waals surface area contributed by atoms with Gasteiger partial charge in [0.1, 0.15) is 0 Å². The first-order chi connectivity index (χ1) is 6.63. The van der Waals surface area contributed by atoms with Crippen molar-refractivity contribution >= 4 is 0 Å². The molecule has 0 aromatic heterocycles. The van der Waals surface area contributed by atoms with Crippen LogP contribution in [0.1, 0.15) is 26.7 Å². The molecule has 0 aliphatic carbocycles. The molecule has 0 amide bonds. The van der Waals surface area contributed by atoms with Crippen LogP contribution in [0.2, 0.25) is 0 Å². The minimum absolute atomic E-state index is 0. The minimum Gasteiger partial charge on any atom is -0.462 e. The number of rotatable bonds is 6. The van der Waals surface area contributed by atoms with E-state index in [1.807, 2.05) is 11.9 Å². The molecular weight excluding hydrogens is 213 g/mol. The first-order valence-corrected chi connectivity index (χ1v) is 5.20. The summed E-state index contributed by atoms with van der Waals surface area (Å²) >= 11 is 0. The van der Waals surface area contributed by atoms with E-state index in [0.29, 0.717) is 5.92 Å². The summed E-state index contributed by atoms with van der Waals surface area (Å²) in [6.45, 7) is 6.73. The zero-order valence-electron chi connectivity index (χ0n) is 10.7. The van der Waals surface area contributed by atoms with Gasteiger partial charge in [-0.15, -0.1) is 11.8 Å². The maximum Gasteiger partial charge on any atom is 1.00 e. The van der Waals surface area contributed by atoms with Crippen molar-refractivity contribution in [3.05, 3.63) is 7.05 Å². The van der Waals surface area contributed by atoms with Gasteiger partial charge in [0.15, 0.2) is 0 Å². The molecule has 3 heteroatoms. The van der Waals surface area contributed by atoms with Gasteiger partial charge in [0.05, 0.1) is 6.61 Å². The van der Waals surface area contributed by atoms with Crippen molar-refractivity contribution in [1.29, 1.82) is 0 Å². The number of hydrogen-bond acceptors (Lipinski definition) is 2. The van der Waals surface area contributed by atoms with Gasteiger partial charge in [-0.25, -0.2) is 0 Å². The molecular formula is C12H22KNO. The van der Waals surface area contributed by atoms with E-state index in [0.717, 1.165) is 32.6 Å². The molecule has 0 aliphatic heterocycles. The molecule has 0 aromatic carbocycles. The van der Waals surface area contributed by atoms with Crippen LogP contribution in [0.3, 0.4) is 0 Å². The van der Waals surface area contributed by atoms with Gasteiger partial charge in [-0.1, -0.05) is 13.8 Å². The van der Waals surface area contributed by atoms with Crippen LogP contribution in [-0.4, -0.2) is 31.7 Å². The van der Waals surface area contributed by atoms with Crippen LogP contribution in [0.5, 0.6) is 0 Å². The second kappa shape index (κ2) is 13.2. The Morgan fingerprint density at radius 3 is 2.53 bits per heavy atom. The first-order valence-electron chi connectivity index (χ1n) is 5.20. The molecule has 2 nitrogen and oxygen atoms in total. The third-order valence-electron chi connectivity index (χ3n) is 1.59. The predicted molar refractivity (Wildman–Crippen MR) is 60.7 cm³/mol. The van der Waals surface area contributed by atoms with Gasteiger partial charge in [0.25, 0.3) is 0 Å². The van der Waals surface area contributed by atoms with Crippen molar-refractivity contribution < 1.29 is 56.1 Å². The van der Waals surface area contributed by atoms with Crippen molar-refractivity contribution in [2.24, 2.45) is 5.92 Å². The average Bonchev–Trinajstić information content (AvgIpc) is 2.08. The van der Waals surface area contributed by atoms with Gasteiger partial charge in [-0.05, 0) is 20.0 Å². The Kier molecular flexibility index (Phi) is 16.2. The molecule has 0 unspecified atom stereocenters. The van der Waals surface area contributed by atoms with Crippen molar-refractivity contribution in [3.63, 3.8) is 0 Å². The summed E-state index contributed by atoms with van der Waals surface area (Å²) in [5.74, 6) is 6.66. The molecule has 0 aliphatic rings. The first kappa shape index (κ1) is 18.5. The fourth-order valence-corrected chi connectivity index (χ4v) is 0.938. The zero-order chi connectivity index (χ0) is 10.8. The molecule has 0 saturated carbocycles. The smallest absolute Gasteiger partial charge is 0.462 e. The van der Waals surface area contributed by atoms with Crippen molar-refractivity contribution in [2.45, 2.75) is 26.7 Å². The van der Waals surface area contributed by atoms with Crippen LogP contribution in [0.4, 0.5) is 0 Å². The molecule has 15 heavy (non-hydrogen) atoms. The number of hydrogen-bond donors (Lipinski definition) is 0. The van der Waals surface area contributed by atoms with Crippen molar-refractivity contribution in [1.82, 2.24) is 4.90 Å². The maximum absolute atomic E-state index is 5.41. The summed E-state index contributed by atoms with van der Waals surface area (Å²) in [6.07, 6.45) is 1.88. The predicted octanol–water partition coefficient (Wildman–Crippen LogP) is -0.830. The third-order valence-corrected chi connectivity index (χ3v) is 1.59. The van der Waals surface area contributed by atoms with Gasteiger partial charge in [-0.3, -0.25) is 7.05 Å². The average molecular weight is 235 g/mol. The molecule has 0 heterocycles. The molecule has 0 bridgehead atoms. The maximum atomic E-state index is 5.41. The van der Waals surface area contributed by atoms with E-state index >= 15 is 0 Å². The Balaban J connectivity index is 0. The normalized spacial score (nSPS) is 9.73. The molecule has 0 rings (SSSR count). The van der Waals surface area contributed by atoms with Crippen LogP contribution < -0.4 is 51.4 Å². The molecule has 0 atom stereocenters. The van der Waals surface area contributed by atoms with Crippen molar-refractivity contribution in [3.8, 4) is 11.8 Å². The molecule has 0 fully saturated rings. The Bertz CT molecular complexity index is 182. The number of ether oxygens (including phenoxy) is 1. The fourth-order valence-electron chi connectivity index (χ4n) is 0.938. The van der Waals surface area contributed by atoms with Gasteiger partial charge < -0.3 is 9.64 Å². The molecule has 0 spiro atoms. The SMILES string of the molecule is [CH2-]N(C)CCCOCCC#CC(C)C.[K+]. The van der Waals surface area contributed by atoms with Crippen LogP contribution in [0.25, 0.3) is 0 Å². The largest absolute Gasteiger partial charge is 1.00 e. The molecule has 0 N–H and O–H groups in total. The van der Waals surface area contributed by atoms with Crippen LogP contribution in [0.15, 0.2) is 0 Å². The van der Waals surface area contributed by atoms with E-state index in [2.05, 4.69) is 32.7 Å². The molecule has 0 radical (unpaired) electrons. The summed E-state index contributed by atoms with van der Waals surface area (Å²) in [4.78, 5) is 1.92. The van der Waals surface area contributed by atoms with Gasteiger partial charge in [0, 0.05) is 18.9 Å². The van der Waals surface area contributed by atoms with Crippen molar-refractivity contribution in [2.75, 3.05) is 26.8 Å². The summed E-state index contributed by atoms with van der Waals surface area (Å²) in [5, 5.41) is 0. The van der Waals surface area contributed by atoms with E-state index < -0.39 is 0 Å². The second-order valence-electron chi connectivity index (χ2n) is 3.77. The molecule has 0 aromatic rings. The fraction of sp³-hybridized carbons (Fsp3) is 0.750. The summed E-state index contributed by atoms with van der Waals surface area (Å²) in [7, 11) is 5.73. The summed E-state index contributed by atoms with van der Waals surface area (Å²) in [5.41, 5.74) is 0. The molecule has 0 saturated heterocycles. The Labute approximate surface area is 138 Å². The van der Waals surface area contributed by atoms with E-state index in [1.165, 1.54) is 0 Å². The van der Waals surface area contributed by atoms with E-state index in [1.54, 1.807) is 0 Å². The van der Waals surface area contributed by atoms with Gasteiger partial charge in [-0.2, -0.15) is 0 Å². The van der Waals surface area contributed by atoms with Gasteiger partial charge >= 0.3 is 51.4 Å². The molecule has 82 valence electrons. The summed E-state index contributed by atoms with van der Waals surface area (Å²) < 4.78 is 5.41. The Morgan fingerprint density at radius 2 is 2.00 bits per heavy atom.